The van der Waals surface area contributed by atoms with Crippen LogP contribution in [-0.2, 0) is 5.75 Å². The minimum absolute atomic E-state index is 0.210. The minimum atomic E-state index is -0.210. The Morgan fingerprint density at radius 2 is 1.95 bits per heavy atom. The number of hydrogen-bond donors (Lipinski definition) is 2. The van der Waals surface area contributed by atoms with E-state index in [2.05, 4.69) is 41.8 Å². The van der Waals surface area contributed by atoms with Gasteiger partial charge in [0.05, 0.1) is 0 Å². The Morgan fingerprint density at radius 1 is 1.18 bits per heavy atom. The van der Waals surface area contributed by atoms with Crippen molar-refractivity contribution >= 4 is 35.1 Å². The molecule has 22 heavy (non-hydrogen) atoms. The van der Waals surface area contributed by atoms with Gasteiger partial charge in [-0.05, 0) is 30.7 Å². The van der Waals surface area contributed by atoms with Gasteiger partial charge in [-0.1, -0.05) is 47.5 Å². The molecule has 2 N–H and O–H groups in total. The van der Waals surface area contributed by atoms with E-state index in [4.69, 9.17) is 11.6 Å². The molecule has 0 aliphatic heterocycles. The Morgan fingerprint density at radius 3 is 2.68 bits per heavy atom. The van der Waals surface area contributed by atoms with Crippen LogP contribution in [0.15, 0.2) is 48.5 Å². The van der Waals surface area contributed by atoms with Crippen LogP contribution in [0.3, 0.4) is 0 Å². The van der Waals surface area contributed by atoms with Crippen molar-refractivity contribution in [3.05, 3.63) is 64.7 Å². The number of aryl methyl sites for hydroxylation is 1. The number of benzene rings is 2. The van der Waals surface area contributed by atoms with Gasteiger partial charge in [0, 0.05) is 28.8 Å². The van der Waals surface area contributed by atoms with Gasteiger partial charge in [0.25, 0.3) is 0 Å². The molecule has 2 amide bonds. The highest BCUT2D eigenvalue weighted by atomic mass is 35.5. The molecule has 2 aromatic rings. The van der Waals surface area contributed by atoms with Crippen LogP contribution in [0.2, 0.25) is 5.02 Å². The first kappa shape index (κ1) is 16.7. The zero-order chi connectivity index (χ0) is 15.8. The summed E-state index contributed by atoms with van der Waals surface area (Å²) in [5.74, 6) is 1.83. The van der Waals surface area contributed by atoms with Gasteiger partial charge >= 0.3 is 6.03 Å². The van der Waals surface area contributed by atoms with Gasteiger partial charge in [-0.25, -0.2) is 4.79 Å². The van der Waals surface area contributed by atoms with Gasteiger partial charge in [-0.3, -0.25) is 0 Å². The maximum absolute atomic E-state index is 11.7. The number of amides is 2. The summed E-state index contributed by atoms with van der Waals surface area (Å²) in [6.45, 7) is 2.71. The molecule has 0 fully saturated rings. The average molecular weight is 335 g/mol. The zero-order valence-corrected chi connectivity index (χ0v) is 14.0. The number of thioether (sulfide) groups is 1. The van der Waals surface area contributed by atoms with Crippen molar-refractivity contribution in [3.8, 4) is 0 Å². The second-order valence-corrected chi connectivity index (χ2v) is 6.47. The molecule has 0 aliphatic carbocycles. The molecular formula is C17H19ClN2OS. The van der Waals surface area contributed by atoms with Crippen LogP contribution in [0.1, 0.15) is 11.1 Å². The highest BCUT2D eigenvalue weighted by Crippen LogP contribution is 2.15. The normalized spacial score (nSPS) is 10.3. The topological polar surface area (TPSA) is 41.1 Å². The van der Waals surface area contributed by atoms with E-state index in [-0.39, 0.29) is 6.03 Å². The Labute approximate surface area is 140 Å². The lowest BCUT2D eigenvalue weighted by Gasteiger charge is -2.08. The van der Waals surface area contributed by atoms with Crippen molar-refractivity contribution in [1.82, 2.24) is 5.32 Å². The fourth-order valence-electron chi connectivity index (χ4n) is 1.85. The van der Waals surface area contributed by atoms with Crippen molar-refractivity contribution < 1.29 is 4.79 Å². The van der Waals surface area contributed by atoms with E-state index in [1.165, 1.54) is 11.1 Å². The summed E-state index contributed by atoms with van der Waals surface area (Å²) in [5, 5.41) is 6.19. The molecule has 2 aromatic carbocycles. The smallest absolute Gasteiger partial charge is 0.319 e. The summed E-state index contributed by atoms with van der Waals surface area (Å²) < 4.78 is 0. The van der Waals surface area contributed by atoms with Gasteiger partial charge < -0.3 is 10.6 Å². The lowest BCUT2D eigenvalue weighted by Crippen LogP contribution is -2.30. The van der Waals surface area contributed by atoms with Gasteiger partial charge in [0.1, 0.15) is 0 Å². The SMILES string of the molecule is Cc1ccc(CSCCNC(=O)Nc2cccc(Cl)c2)cc1. The van der Waals surface area contributed by atoms with E-state index in [0.29, 0.717) is 17.3 Å². The predicted molar refractivity (Wildman–Crippen MR) is 95.8 cm³/mol. The fourth-order valence-corrected chi connectivity index (χ4v) is 2.86. The molecule has 3 nitrogen and oxygen atoms in total. The van der Waals surface area contributed by atoms with E-state index in [1.807, 2.05) is 0 Å². The lowest BCUT2D eigenvalue weighted by molar-refractivity contribution is 0.252. The van der Waals surface area contributed by atoms with Crippen molar-refractivity contribution in [2.24, 2.45) is 0 Å². The molecule has 5 heteroatoms. The quantitative estimate of drug-likeness (QED) is 0.751. The summed E-state index contributed by atoms with van der Waals surface area (Å²) in [6, 6.07) is 15.4. The molecule has 2 rings (SSSR count). The number of anilines is 1. The van der Waals surface area contributed by atoms with Crippen LogP contribution in [0.5, 0.6) is 0 Å². The minimum Gasteiger partial charge on any atom is -0.337 e. The summed E-state index contributed by atoms with van der Waals surface area (Å²) >= 11 is 7.67. The van der Waals surface area contributed by atoms with Crippen molar-refractivity contribution in [3.63, 3.8) is 0 Å². The Kier molecular flexibility index (Phi) is 6.62. The van der Waals surface area contributed by atoms with Crippen LogP contribution in [0.25, 0.3) is 0 Å². The third-order valence-electron chi connectivity index (χ3n) is 3.00. The highest BCUT2D eigenvalue weighted by molar-refractivity contribution is 7.98. The van der Waals surface area contributed by atoms with Gasteiger partial charge in [0.2, 0.25) is 0 Å². The first-order chi connectivity index (χ1) is 10.6. The van der Waals surface area contributed by atoms with E-state index in [1.54, 1.807) is 36.0 Å². The van der Waals surface area contributed by atoms with E-state index in [9.17, 15) is 4.79 Å². The second kappa shape index (κ2) is 8.71. The van der Waals surface area contributed by atoms with Crippen LogP contribution in [0.4, 0.5) is 10.5 Å². The first-order valence-electron chi connectivity index (χ1n) is 7.07. The zero-order valence-electron chi connectivity index (χ0n) is 12.4. The molecule has 0 heterocycles. The first-order valence-corrected chi connectivity index (χ1v) is 8.60. The van der Waals surface area contributed by atoms with Crippen LogP contribution in [0, 0.1) is 6.92 Å². The van der Waals surface area contributed by atoms with Crippen molar-refractivity contribution in [2.45, 2.75) is 12.7 Å². The van der Waals surface area contributed by atoms with Crippen LogP contribution in [-0.4, -0.2) is 18.3 Å². The third-order valence-corrected chi connectivity index (χ3v) is 4.27. The molecule has 0 saturated carbocycles. The molecule has 0 radical (unpaired) electrons. The summed E-state index contributed by atoms with van der Waals surface area (Å²) in [6.07, 6.45) is 0. The molecule has 0 saturated heterocycles. The third kappa shape index (κ3) is 6.00. The molecule has 0 atom stereocenters. The second-order valence-electron chi connectivity index (χ2n) is 4.93. The molecular weight excluding hydrogens is 316 g/mol. The van der Waals surface area contributed by atoms with E-state index >= 15 is 0 Å². The van der Waals surface area contributed by atoms with E-state index < -0.39 is 0 Å². The number of nitrogens with one attached hydrogen (secondary N) is 2. The molecule has 116 valence electrons. The fraction of sp³-hybridized carbons (Fsp3) is 0.235. The van der Waals surface area contributed by atoms with Crippen molar-refractivity contribution in [2.75, 3.05) is 17.6 Å². The molecule has 0 bridgehead atoms. The number of carbonyl (C=O) groups excluding carboxylic acids is 1. The standard InChI is InChI=1S/C17H19ClN2OS/c1-13-5-7-14(8-6-13)12-22-10-9-19-17(21)20-16-4-2-3-15(18)11-16/h2-8,11H,9-10,12H2,1H3,(H2,19,20,21). The van der Waals surface area contributed by atoms with Crippen LogP contribution >= 0.6 is 23.4 Å². The maximum Gasteiger partial charge on any atom is 0.319 e. The van der Waals surface area contributed by atoms with Gasteiger partial charge in [0.15, 0.2) is 0 Å². The van der Waals surface area contributed by atoms with Gasteiger partial charge in [-0.2, -0.15) is 11.8 Å². The highest BCUT2D eigenvalue weighted by Gasteiger charge is 2.01. The predicted octanol–water partition coefficient (Wildman–Crippen LogP) is 4.70. The largest absolute Gasteiger partial charge is 0.337 e. The number of rotatable bonds is 6. The summed E-state index contributed by atoms with van der Waals surface area (Å²) in [4.78, 5) is 11.7. The van der Waals surface area contributed by atoms with Crippen molar-refractivity contribution in [1.29, 1.82) is 0 Å². The number of carbonyl (C=O) groups is 1. The monoisotopic (exact) mass is 334 g/mol. The Bertz CT molecular complexity index is 616. The molecule has 0 aliphatic rings. The summed E-state index contributed by atoms with van der Waals surface area (Å²) in [7, 11) is 0. The van der Waals surface area contributed by atoms with E-state index in [0.717, 1.165) is 11.5 Å². The molecule has 0 aromatic heterocycles. The number of urea groups is 1. The molecule has 0 unspecified atom stereocenters. The lowest BCUT2D eigenvalue weighted by atomic mass is 10.2. The van der Waals surface area contributed by atoms with Gasteiger partial charge in [-0.15, -0.1) is 0 Å². The maximum atomic E-state index is 11.7. The van der Waals surface area contributed by atoms with Crippen LogP contribution < -0.4 is 10.6 Å². The Hall–Kier alpha value is -1.65. The number of halogens is 1. The Balaban J connectivity index is 1.62. The summed E-state index contributed by atoms with van der Waals surface area (Å²) in [5.41, 5.74) is 3.27. The average Bonchev–Trinajstić information content (AvgIpc) is 2.49. The molecule has 0 spiro atoms. The number of hydrogen-bond acceptors (Lipinski definition) is 2.